The number of carbonyl (C=O) groups excluding carboxylic acids is 2. The van der Waals surface area contributed by atoms with Crippen molar-refractivity contribution in [2.45, 2.75) is 12.1 Å². The van der Waals surface area contributed by atoms with Crippen LogP contribution in [0.25, 0.3) is 0 Å². The highest BCUT2D eigenvalue weighted by atomic mass is 16.3. The number of fused-ring (bicyclic) bond motifs is 1. The van der Waals surface area contributed by atoms with Crippen LogP contribution < -0.4 is 5.73 Å². The molecular formula is C17H16N2O4. The molecule has 2 aromatic carbocycles. The number of nitrogen functional groups attached to an aromatic ring is 1. The van der Waals surface area contributed by atoms with E-state index in [9.17, 15) is 19.8 Å². The van der Waals surface area contributed by atoms with Gasteiger partial charge in [-0.2, -0.15) is 0 Å². The monoisotopic (exact) mass is 312 g/mol. The summed E-state index contributed by atoms with van der Waals surface area (Å²) in [6.45, 7) is -0.545. The van der Waals surface area contributed by atoms with Gasteiger partial charge in [0.15, 0.2) is 0 Å². The minimum atomic E-state index is -1.21. The molecule has 0 spiro atoms. The van der Waals surface area contributed by atoms with E-state index in [0.29, 0.717) is 11.3 Å². The molecule has 0 saturated heterocycles. The van der Waals surface area contributed by atoms with Gasteiger partial charge in [0, 0.05) is 5.69 Å². The van der Waals surface area contributed by atoms with E-state index in [2.05, 4.69) is 0 Å². The van der Waals surface area contributed by atoms with Gasteiger partial charge in [-0.05, 0) is 29.8 Å². The molecule has 1 aliphatic rings. The Morgan fingerprint density at radius 3 is 1.96 bits per heavy atom. The Balaban J connectivity index is 1.94. The fourth-order valence-corrected chi connectivity index (χ4v) is 2.75. The first kappa shape index (κ1) is 15.2. The highest BCUT2D eigenvalue weighted by molar-refractivity contribution is 6.21. The molecule has 6 heteroatoms. The molecule has 0 unspecified atom stereocenters. The van der Waals surface area contributed by atoms with Crippen molar-refractivity contribution in [1.29, 1.82) is 0 Å². The van der Waals surface area contributed by atoms with Gasteiger partial charge in [-0.15, -0.1) is 0 Å². The molecule has 118 valence electrons. The van der Waals surface area contributed by atoms with E-state index in [1.807, 2.05) is 0 Å². The highest BCUT2D eigenvalue weighted by Gasteiger charge is 2.42. The van der Waals surface area contributed by atoms with Gasteiger partial charge in [0.2, 0.25) is 0 Å². The minimum absolute atomic E-state index is 0.278. The number of aliphatic hydroxyl groups is 2. The lowest BCUT2D eigenvalue weighted by molar-refractivity contribution is 0.0172. The Morgan fingerprint density at radius 2 is 1.48 bits per heavy atom. The molecule has 6 nitrogen and oxygen atoms in total. The second kappa shape index (κ2) is 5.83. The maximum Gasteiger partial charge on any atom is 0.261 e. The third-order valence-electron chi connectivity index (χ3n) is 3.99. The molecule has 1 aliphatic heterocycles. The van der Waals surface area contributed by atoms with E-state index < -0.39 is 30.6 Å². The Kier molecular flexibility index (Phi) is 3.85. The lowest BCUT2D eigenvalue weighted by Gasteiger charge is -2.29. The summed E-state index contributed by atoms with van der Waals surface area (Å²) in [7, 11) is 0. The lowest BCUT2D eigenvalue weighted by Crippen LogP contribution is -2.45. The number of hydrogen-bond acceptors (Lipinski definition) is 5. The number of rotatable bonds is 4. The minimum Gasteiger partial charge on any atom is -0.399 e. The standard InChI is InChI=1S/C17H16N2O4/c18-11-7-5-10(6-8-11)15(21)14(9-20)19-16(22)12-3-1-2-4-13(12)17(19)23/h1-8,14-15,20-21H,9,18H2/t14-,15+/m1/s1. The van der Waals surface area contributed by atoms with Gasteiger partial charge in [0.1, 0.15) is 6.10 Å². The molecule has 0 aromatic heterocycles. The zero-order chi connectivity index (χ0) is 16.6. The van der Waals surface area contributed by atoms with Crippen molar-refractivity contribution < 1.29 is 19.8 Å². The normalized spacial score (nSPS) is 16.3. The third kappa shape index (κ3) is 2.48. The van der Waals surface area contributed by atoms with Crippen LogP contribution in [0.3, 0.4) is 0 Å². The number of amides is 2. The molecule has 2 aromatic rings. The first-order chi connectivity index (χ1) is 11.0. The summed E-state index contributed by atoms with van der Waals surface area (Å²) in [5.74, 6) is -1.03. The Hall–Kier alpha value is -2.70. The van der Waals surface area contributed by atoms with Crippen LogP contribution in [0.2, 0.25) is 0 Å². The Morgan fingerprint density at radius 1 is 0.957 bits per heavy atom. The van der Waals surface area contributed by atoms with Gasteiger partial charge in [-0.3, -0.25) is 14.5 Å². The fraction of sp³-hybridized carbons (Fsp3) is 0.176. The number of benzene rings is 2. The smallest absolute Gasteiger partial charge is 0.261 e. The average molecular weight is 312 g/mol. The molecule has 2 amide bonds. The number of anilines is 1. The van der Waals surface area contributed by atoms with E-state index in [4.69, 9.17) is 5.73 Å². The van der Waals surface area contributed by atoms with Gasteiger partial charge in [0.05, 0.1) is 23.8 Å². The molecule has 23 heavy (non-hydrogen) atoms. The molecule has 0 aliphatic carbocycles. The first-order valence-corrected chi connectivity index (χ1v) is 7.16. The van der Waals surface area contributed by atoms with Crippen molar-refractivity contribution >= 4 is 17.5 Å². The SMILES string of the molecule is Nc1ccc([C@H](O)[C@@H](CO)N2C(=O)c3ccccc3C2=O)cc1. The highest BCUT2D eigenvalue weighted by Crippen LogP contribution is 2.30. The van der Waals surface area contributed by atoms with Crippen LogP contribution in [0, 0.1) is 0 Å². The maximum atomic E-state index is 12.5. The van der Waals surface area contributed by atoms with Crippen molar-refractivity contribution in [2.24, 2.45) is 0 Å². The van der Waals surface area contributed by atoms with Crippen LogP contribution in [0.1, 0.15) is 32.4 Å². The number of nitrogens with two attached hydrogens (primary N) is 1. The zero-order valence-corrected chi connectivity index (χ0v) is 12.2. The second-order valence-electron chi connectivity index (χ2n) is 5.39. The zero-order valence-electron chi connectivity index (χ0n) is 12.2. The fourth-order valence-electron chi connectivity index (χ4n) is 2.75. The van der Waals surface area contributed by atoms with E-state index in [0.717, 1.165) is 4.90 Å². The molecule has 3 rings (SSSR count). The van der Waals surface area contributed by atoms with Crippen LogP contribution >= 0.6 is 0 Å². The van der Waals surface area contributed by atoms with Crippen molar-refractivity contribution in [3.63, 3.8) is 0 Å². The first-order valence-electron chi connectivity index (χ1n) is 7.16. The van der Waals surface area contributed by atoms with Crippen LogP contribution in [0.4, 0.5) is 5.69 Å². The molecule has 2 atom stereocenters. The quantitative estimate of drug-likeness (QED) is 0.576. The maximum absolute atomic E-state index is 12.5. The second-order valence-corrected chi connectivity index (χ2v) is 5.39. The summed E-state index contributed by atoms with van der Waals surface area (Å²) >= 11 is 0. The van der Waals surface area contributed by atoms with Crippen molar-refractivity contribution in [1.82, 2.24) is 4.90 Å². The average Bonchev–Trinajstić information content (AvgIpc) is 2.82. The topological polar surface area (TPSA) is 104 Å². The van der Waals surface area contributed by atoms with Crippen molar-refractivity contribution in [2.75, 3.05) is 12.3 Å². The predicted molar refractivity (Wildman–Crippen MR) is 83.6 cm³/mol. The number of hydrogen-bond donors (Lipinski definition) is 3. The number of nitrogens with zero attached hydrogens (tertiary/aromatic N) is 1. The van der Waals surface area contributed by atoms with E-state index in [1.54, 1.807) is 48.5 Å². The Labute approximate surface area is 132 Å². The number of imide groups is 1. The summed E-state index contributed by atoms with van der Waals surface area (Å²) in [5.41, 5.74) is 7.16. The Bertz CT molecular complexity index is 722. The van der Waals surface area contributed by atoms with Crippen LogP contribution in [0.15, 0.2) is 48.5 Å². The molecule has 0 radical (unpaired) electrons. The van der Waals surface area contributed by atoms with E-state index in [1.165, 1.54) is 0 Å². The van der Waals surface area contributed by atoms with Gasteiger partial charge in [0.25, 0.3) is 11.8 Å². The summed E-state index contributed by atoms with van der Waals surface area (Å²) in [4.78, 5) is 25.8. The third-order valence-corrected chi connectivity index (χ3v) is 3.99. The van der Waals surface area contributed by atoms with Crippen molar-refractivity contribution in [3.8, 4) is 0 Å². The molecule has 4 N–H and O–H groups in total. The lowest BCUT2D eigenvalue weighted by atomic mass is 10.0. The molecule has 0 bridgehead atoms. The van der Waals surface area contributed by atoms with E-state index >= 15 is 0 Å². The summed E-state index contributed by atoms with van der Waals surface area (Å²) in [6, 6.07) is 11.8. The van der Waals surface area contributed by atoms with Gasteiger partial charge in [-0.25, -0.2) is 0 Å². The summed E-state index contributed by atoms with van der Waals surface area (Å²) in [5, 5.41) is 20.2. The van der Waals surface area contributed by atoms with Crippen LogP contribution in [0.5, 0.6) is 0 Å². The van der Waals surface area contributed by atoms with E-state index in [-0.39, 0.29) is 11.1 Å². The largest absolute Gasteiger partial charge is 0.399 e. The number of carbonyl (C=O) groups is 2. The summed E-state index contributed by atoms with van der Waals surface area (Å²) < 4.78 is 0. The van der Waals surface area contributed by atoms with Crippen LogP contribution in [-0.4, -0.2) is 39.6 Å². The van der Waals surface area contributed by atoms with Crippen LogP contribution in [-0.2, 0) is 0 Å². The summed E-state index contributed by atoms with van der Waals surface area (Å²) in [6.07, 6.45) is -1.21. The van der Waals surface area contributed by atoms with Gasteiger partial charge in [-0.1, -0.05) is 24.3 Å². The van der Waals surface area contributed by atoms with Crippen molar-refractivity contribution in [3.05, 3.63) is 65.2 Å². The molecule has 0 fully saturated rings. The molecule has 1 heterocycles. The molecular weight excluding hydrogens is 296 g/mol. The number of aliphatic hydroxyl groups excluding tert-OH is 2. The molecule has 0 saturated carbocycles. The predicted octanol–water partition coefficient (Wildman–Crippen LogP) is 0.959. The van der Waals surface area contributed by atoms with Gasteiger partial charge >= 0.3 is 0 Å². The van der Waals surface area contributed by atoms with Gasteiger partial charge < -0.3 is 15.9 Å².